The molecule has 1 aromatic heterocycles. The Bertz CT molecular complexity index is 2310. The normalized spacial score (nSPS) is 49.4. The van der Waals surface area contributed by atoms with E-state index >= 15 is 0 Å². The molecule has 10 rings (SSSR count). The van der Waals surface area contributed by atoms with Crippen molar-refractivity contribution in [3.8, 4) is 0 Å². The molecule has 0 radical (unpaired) electrons. The molecule has 478 valence electrons. The lowest BCUT2D eigenvalue weighted by atomic mass is 9.51. The number of hydrogen-bond donors (Lipinski definition) is 6. The second-order valence-corrected chi connectivity index (χ2v) is 25.1. The third-order valence-electron chi connectivity index (χ3n) is 19.9. The highest BCUT2D eigenvalue weighted by atomic mass is 16.8. The first kappa shape index (κ1) is 64.8. The maximum Gasteiger partial charge on any atom is 0.187 e. The van der Waals surface area contributed by atoms with Crippen LogP contribution in [0.25, 0.3) is 0 Å². The van der Waals surface area contributed by atoms with Crippen LogP contribution in [0.3, 0.4) is 0 Å². The predicted octanol–water partition coefficient (Wildman–Crippen LogP) is 2.96. The largest absolute Gasteiger partial charge is 0.469 e. The summed E-state index contributed by atoms with van der Waals surface area (Å²) in [6.07, 6.45) is -12.7. The number of ketones is 1. The Balaban J connectivity index is 0.672. The molecule has 0 unspecified atom stereocenters. The third kappa shape index (κ3) is 13.3. The lowest BCUT2D eigenvalue weighted by Gasteiger charge is -2.54. The number of rotatable bonds is 18. The first-order valence-corrected chi connectivity index (χ1v) is 30.4. The van der Waals surface area contributed by atoms with E-state index in [4.69, 9.17) is 80.2 Å². The zero-order valence-corrected chi connectivity index (χ0v) is 50.4. The van der Waals surface area contributed by atoms with Crippen molar-refractivity contribution in [2.24, 2.45) is 17.3 Å². The van der Waals surface area contributed by atoms with Crippen molar-refractivity contribution >= 4 is 5.78 Å². The maximum absolute atomic E-state index is 14.0. The van der Waals surface area contributed by atoms with Crippen LogP contribution in [0, 0.1) is 24.2 Å². The van der Waals surface area contributed by atoms with Crippen molar-refractivity contribution < 1.29 is 116 Å². The van der Waals surface area contributed by atoms with Crippen molar-refractivity contribution in [1.82, 2.24) is 0 Å². The summed E-state index contributed by atoms with van der Waals surface area (Å²) in [5.41, 5.74) is 1.93. The SMILES string of the molecule is CO[C@H]1C[C@H](O[C@H]2[C@@H](O)C[C@H](O[C@@H]3[C@H](C)O[C@@H](O[C@H]4[C@@H](OC)C[C@H](O[C@@H]5CC6=CC[C@H]7C(=O)[C@@H](c8ccoc8C)CC[C@@H]7[C@@]6(C)C[C@H]5O)O[C@@H]4C)C[C@H]3OC)O[C@@H]2C)O[C@H](C)[C@H]1O[C@H]1C[C@@H](OC)[C@@H](O[C@@H]2O[C@H](CO)[C@@H](O)[C@H](O)[C@H]2O)[C@H](C)O1. The number of carbonyl (C=O) groups is 1. The molecule has 31 atom stereocenters. The van der Waals surface area contributed by atoms with Crippen LogP contribution in [0.4, 0.5) is 0 Å². The Kier molecular flexibility index (Phi) is 21.2. The summed E-state index contributed by atoms with van der Waals surface area (Å²) in [7, 11) is 6.32. The smallest absolute Gasteiger partial charge is 0.187 e. The molecule has 24 heteroatoms. The van der Waals surface area contributed by atoms with Gasteiger partial charge in [-0.15, -0.1) is 0 Å². The first-order chi connectivity index (χ1) is 40.2. The number of fused-ring (bicyclic) bond motifs is 3. The van der Waals surface area contributed by atoms with Crippen LogP contribution >= 0.6 is 0 Å². The fourth-order valence-corrected chi connectivity index (χ4v) is 15.2. The van der Waals surface area contributed by atoms with E-state index in [9.17, 15) is 35.4 Å². The maximum atomic E-state index is 14.0. The minimum atomic E-state index is -1.60. The summed E-state index contributed by atoms with van der Waals surface area (Å²) in [4.78, 5) is 14.0. The molecule has 7 heterocycles. The molecule has 3 aliphatic carbocycles. The van der Waals surface area contributed by atoms with E-state index in [1.165, 1.54) is 12.7 Å². The highest BCUT2D eigenvalue weighted by Gasteiger charge is 2.56. The minimum absolute atomic E-state index is 0.0911. The lowest BCUT2D eigenvalue weighted by Crippen LogP contribution is -2.62. The molecule has 0 bridgehead atoms. The van der Waals surface area contributed by atoms with E-state index in [1.54, 1.807) is 41.4 Å². The number of aliphatic hydroxyl groups is 6. The van der Waals surface area contributed by atoms with Crippen molar-refractivity contribution in [3.05, 3.63) is 35.3 Å². The van der Waals surface area contributed by atoms with Crippen molar-refractivity contribution in [2.45, 2.75) is 285 Å². The summed E-state index contributed by atoms with van der Waals surface area (Å²) < 4.78 is 106. The second-order valence-electron chi connectivity index (χ2n) is 25.1. The molecule has 8 fully saturated rings. The molecular weight excluding hydrogens is 1100 g/mol. The van der Waals surface area contributed by atoms with Gasteiger partial charge in [0.15, 0.2) is 37.7 Å². The van der Waals surface area contributed by atoms with E-state index < -0.39 is 173 Å². The average molecular weight is 1200 g/mol. The molecule has 2 saturated carbocycles. The van der Waals surface area contributed by atoms with E-state index in [2.05, 4.69) is 13.0 Å². The number of carbonyl (C=O) groups excluding carboxylic acids is 1. The molecule has 0 amide bonds. The Hall–Kier alpha value is -2.19. The van der Waals surface area contributed by atoms with Crippen LogP contribution in [-0.4, -0.2) is 237 Å². The molecule has 84 heavy (non-hydrogen) atoms. The minimum Gasteiger partial charge on any atom is -0.469 e. The Morgan fingerprint density at radius 3 is 1.49 bits per heavy atom. The van der Waals surface area contributed by atoms with Gasteiger partial charge >= 0.3 is 0 Å². The number of aryl methyl sites for hydroxylation is 1. The zero-order chi connectivity index (χ0) is 60.1. The number of methoxy groups -OCH3 is 4. The summed E-state index contributed by atoms with van der Waals surface area (Å²) in [5.74, 6) is 0.997. The number of furan rings is 1. The summed E-state index contributed by atoms with van der Waals surface area (Å²) in [6.45, 7) is 12.7. The topological polar surface area (TPSA) is 299 Å². The van der Waals surface area contributed by atoms with E-state index in [-0.39, 0.29) is 48.2 Å². The van der Waals surface area contributed by atoms with Gasteiger partial charge in [-0.1, -0.05) is 18.6 Å². The summed E-state index contributed by atoms with van der Waals surface area (Å²) >= 11 is 0. The van der Waals surface area contributed by atoms with Crippen molar-refractivity contribution in [1.29, 1.82) is 0 Å². The Morgan fingerprint density at radius 1 is 0.560 bits per heavy atom. The molecule has 0 aromatic carbocycles. The number of hydrogen-bond acceptors (Lipinski definition) is 24. The van der Waals surface area contributed by atoms with Gasteiger partial charge in [-0.25, -0.2) is 0 Å². The number of allylic oxidation sites excluding steroid dienone is 1. The molecule has 6 saturated heterocycles. The summed E-state index contributed by atoms with van der Waals surface area (Å²) in [6, 6.07) is 1.93. The second kappa shape index (κ2) is 27.5. The number of aliphatic hydroxyl groups excluding tert-OH is 6. The van der Waals surface area contributed by atoms with Gasteiger partial charge in [0.25, 0.3) is 0 Å². The van der Waals surface area contributed by atoms with Crippen molar-refractivity contribution in [2.75, 3.05) is 35.0 Å². The van der Waals surface area contributed by atoms with Gasteiger partial charge in [0.1, 0.15) is 66.5 Å². The molecular formula is C60H94O24. The van der Waals surface area contributed by atoms with Gasteiger partial charge in [-0.2, -0.15) is 0 Å². The Labute approximate surface area is 492 Å². The van der Waals surface area contributed by atoms with Crippen LogP contribution in [0.2, 0.25) is 0 Å². The fraction of sp³-hybridized carbons (Fsp3) is 0.883. The third-order valence-corrected chi connectivity index (χ3v) is 19.9. The quantitative estimate of drug-likeness (QED) is 0.115. The molecule has 6 N–H and O–H groups in total. The van der Waals surface area contributed by atoms with Gasteiger partial charge in [0.05, 0.1) is 86.1 Å². The van der Waals surface area contributed by atoms with Crippen LogP contribution in [-0.2, 0) is 80.6 Å². The van der Waals surface area contributed by atoms with Gasteiger partial charge in [-0.3, -0.25) is 4.79 Å². The monoisotopic (exact) mass is 1200 g/mol. The van der Waals surface area contributed by atoms with Gasteiger partial charge in [-0.05, 0) is 91.0 Å². The van der Waals surface area contributed by atoms with Gasteiger partial charge < -0.3 is 111 Å². The van der Waals surface area contributed by atoms with Crippen LogP contribution in [0.5, 0.6) is 0 Å². The van der Waals surface area contributed by atoms with Crippen LogP contribution in [0.15, 0.2) is 28.4 Å². The highest BCUT2D eigenvalue weighted by molar-refractivity contribution is 5.89. The number of Topliss-reactive ketones (excluding diaryl/α,β-unsaturated/α-hetero) is 1. The van der Waals surface area contributed by atoms with E-state index in [1.807, 2.05) is 33.8 Å². The van der Waals surface area contributed by atoms with Crippen LogP contribution in [0.1, 0.15) is 123 Å². The highest BCUT2D eigenvalue weighted by Crippen LogP contribution is 2.58. The Morgan fingerprint density at radius 2 is 1.02 bits per heavy atom. The van der Waals surface area contributed by atoms with E-state index in [0.717, 1.165) is 24.2 Å². The molecule has 0 spiro atoms. The molecule has 24 nitrogen and oxygen atoms in total. The number of ether oxygens (including phenoxy) is 16. The van der Waals surface area contributed by atoms with Crippen molar-refractivity contribution in [3.63, 3.8) is 0 Å². The average Bonchev–Trinajstić information content (AvgIpc) is 1.07. The van der Waals surface area contributed by atoms with Gasteiger partial charge in [0.2, 0.25) is 0 Å². The standard InChI is InChI=1S/C60H94O24/c1-26-33(16-17-72-26)34-14-15-36-35(50(34)64)13-12-32-18-39(38(63)24-60(32,36)7)78-46-20-40(68-8)56(28(3)74-46)82-48-22-42(70-10)55(29(4)76-48)81-45-19-37(62)54(27(2)73-45)80-47-21-41(69-9)57(30(5)75-47)83-49-23-43(71-11)58(31(6)77-49)84-59-53(67)52(66)51(65)44(25-61)79-59/h12,16-17,27-31,34-49,51-59,61-63,65-67H,13-15,18-25H2,1-11H3/t27-,28-,29+,30-,31+,34-,35-,36+,37+,38-,39-,40+,41+,42-,43-,44-,45+,46+,47+,48+,49+,51-,52+,53-,54-,55-,56-,57-,58+,59+,60+/m1/s1. The van der Waals surface area contributed by atoms with E-state index in [0.29, 0.717) is 32.1 Å². The van der Waals surface area contributed by atoms with Crippen LogP contribution < -0.4 is 0 Å². The van der Waals surface area contributed by atoms with Gasteiger partial charge in [0, 0.05) is 77.9 Å². The lowest BCUT2D eigenvalue weighted by molar-refractivity contribution is -0.359. The molecule has 9 aliphatic rings. The zero-order valence-electron chi connectivity index (χ0n) is 50.4. The predicted molar refractivity (Wildman–Crippen MR) is 290 cm³/mol. The first-order valence-electron chi connectivity index (χ1n) is 30.4. The summed E-state index contributed by atoms with van der Waals surface area (Å²) in [5, 5.41) is 64.2. The molecule has 1 aromatic rings. The fourth-order valence-electron chi connectivity index (χ4n) is 15.2. The molecule has 6 aliphatic heterocycles.